The van der Waals surface area contributed by atoms with E-state index in [2.05, 4.69) is 14.7 Å². The zero-order valence-electron chi connectivity index (χ0n) is 14.7. The summed E-state index contributed by atoms with van der Waals surface area (Å²) in [4.78, 5) is 40.1. The predicted molar refractivity (Wildman–Crippen MR) is 103 cm³/mol. The second kappa shape index (κ2) is 8.09. The fourth-order valence-electron chi connectivity index (χ4n) is 2.71. The quantitative estimate of drug-likeness (QED) is 0.631. The lowest BCUT2D eigenvalue weighted by molar-refractivity contribution is -0.122. The number of carbonyl (C=O) groups is 2. The van der Waals surface area contributed by atoms with Crippen molar-refractivity contribution in [2.75, 3.05) is 0 Å². The molecule has 0 saturated heterocycles. The van der Waals surface area contributed by atoms with Crippen LogP contribution in [0.2, 0.25) is 0 Å². The minimum Gasteiger partial charge on any atom is -0.364 e. The summed E-state index contributed by atoms with van der Waals surface area (Å²) in [6.07, 6.45) is 2.88. The molecule has 2 aromatic heterocycles. The number of aromatic nitrogens is 3. The molecule has 0 aliphatic carbocycles. The maximum atomic E-state index is 12.5. The maximum absolute atomic E-state index is 12.5. The van der Waals surface area contributed by atoms with Crippen molar-refractivity contribution in [3.63, 3.8) is 0 Å². The number of nitrogens with one attached hydrogen (secondary N) is 1. The van der Waals surface area contributed by atoms with Crippen molar-refractivity contribution in [2.24, 2.45) is 5.73 Å². The summed E-state index contributed by atoms with van der Waals surface area (Å²) in [5, 5.41) is 2.88. The molecule has 0 fully saturated rings. The SMILES string of the molecule is C[C@@H](CCc1ccccc1)NC(=O)Cn1cnc2c(C(N)=O)nsc2c1=O. The molecule has 1 atom stereocenters. The summed E-state index contributed by atoms with van der Waals surface area (Å²) in [5.41, 5.74) is 6.14. The molecule has 8 nitrogen and oxygen atoms in total. The molecule has 9 heteroatoms. The third-order valence-corrected chi connectivity index (χ3v) is 4.94. The summed E-state index contributed by atoms with van der Waals surface area (Å²) in [6.45, 7) is 1.77. The molecule has 140 valence electrons. The number of carbonyl (C=O) groups excluding carboxylic acids is 2. The number of primary amides is 1. The van der Waals surface area contributed by atoms with Crippen molar-refractivity contribution in [2.45, 2.75) is 32.4 Å². The smallest absolute Gasteiger partial charge is 0.273 e. The number of hydrogen-bond acceptors (Lipinski definition) is 6. The highest BCUT2D eigenvalue weighted by atomic mass is 32.1. The van der Waals surface area contributed by atoms with E-state index in [0.717, 1.165) is 24.4 Å². The molecule has 27 heavy (non-hydrogen) atoms. The first-order valence-corrected chi connectivity index (χ1v) is 9.21. The van der Waals surface area contributed by atoms with Gasteiger partial charge in [0.25, 0.3) is 11.5 Å². The molecule has 0 spiro atoms. The van der Waals surface area contributed by atoms with Crippen LogP contribution in [0.5, 0.6) is 0 Å². The Hall–Kier alpha value is -3.07. The van der Waals surface area contributed by atoms with Crippen molar-refractivity contribution in [1.82, 2.24) is 19.2 Å². The number of aryl methyl sites for hydroxylation is 1. The van der Waals surface area contributed by atoms with E-state index in [4.69, 9.17) is 5.73 Å². The average Bonchev–Trinajstić information content (AvgIpc) is 3.08. The van der Waals surface area contributed by atoms with Crippen molar-refractivity contribution >= 4 is 33.6 Å². The van der Waals surface area contributed by atoms with Gasteiger partial charge in [-0.25, -0.2) is 4.98 Å². The molecule has 1 aromatic carbocycles. The molecular weight excluding hydrogens is 366 g/mol. The van der Waals surface area contributed by atoms with Crippen molar-refractivity contribution in [3.05, 3.63) is 58.3 Å². The number of nitrogens with zero attached hydrogens (tertiary/aromatic N) is 3. The third-order valence-electron chi connectivity index (χ3n) is 4.11. The first-order valence-electron chi connectivity index (χ1n) is 8.43. The Balaban J connectivity index is 1.63. The Kier molecular flexibility index (Phi) is 5.60. The molecular formula is C18H19N5O3S. The van der Waals surface area contributed by atoms with Crippen LogP contribution in [-0.2, 0) is 17.8 Å². The van der Waals surface area contributed by atoms with E-state index in [9.17, 15) is 14.4 Å². The Bertz CT molecular complexity index is 1030. The predicted octanol–water partition coefficient (Wildman–Crippen LogP) is 1.09. The highest BCUT2D eigenvalue weighted by Gasteiger charge is 2.17. The highest BCUT2D eigenvalue weighted by molar-refractivity contribution is 7.13. The van der Waals surface area contributed by atoms with Gasteiger partial charge >= 0.3 is 0 Å². The normalized spacial score (nSPS) is 12.0. The van der Waals surface area contributed by atoms with Gasteiger partial charge in [-0.1, -0.05) is 30.3 Å². The van der Waals surface area contributed by atoms with Gasteiger partial charge < -0.3 is 11.1 Å². The van der Waals surface area contributed by atoms with Crippen molar-refractivity contribution in [1.29, 1.82) is 0 Å². The number of hydrogen-bond donors (Lipinski definition) is 2. The monoisotopic (exact) mass is 385 g/mol. The van der Waals surface area contributed by atoms with Crippen LogP contribution in [0.1, 0.15) is 29.4 Å². The van der Waals surface area contributed by atoms with E-state index >= 15 is 0 Å². The summed E-state index contributed by atoms with van der Waals surface area (Å²) in [6, 6.07) is 9.99. The summed E-state index contributed by atoms with van der Waals surface area (Å²) in [7, 11) is 0. The maximum Gasteiger partial charge on any atom is 0.273 e. The topological polar surface area (TPSA) is 120 Å². The Labute approximate surface area is 159 Å². The van der Waals surface area contributed by atoms with Crippen LogP contribution >= 0.6 is 11.5 Å². The van der Waals surface area contributed by atoms with E-state index in [0.29, 0.717) is 0 Å². The number of fused-ring (bicyclic) bond motifs is 1. The van der Waals surface area contributed by atoms with Gasteiger partial charge in [0, 0.05) is 6.04 Å². The Morgan fingerprint density at radius 3 is 2.74 bits per heavy atom. The number of benzene rings is 1. The second-order valence-electron chi connectivity index (χ2n) is 6.24. The van der Waals surface area contributed by atoms with Gasteiger partial charge in [0.15, 0.2) is 5.69 Å². The van der Waals surface area contributed by atoms with Crippen LogP contribution in [0.25, 0.3) is 10.2 Å². The molecule has 2 amide bonds. The molecule has 0 unspecified atom stereocenters. The molecule has 0 aliphatic heterocycles. The van der Waals surface area contributed by atoms with Gasteiger partial charge in [-0.2, -0.15) is 4.37 Å². The minimum absolute atomic E-state index is 0.0294. The highest BCUT2D eigenvalue weighted by Crippen LogP contribution is 2.15. The Morgan fingerprint density at radius 2 is 2.04 bits per heavy atom. The lowest BCUT2D eigenvalue weighted by atomic mass is 10.1. The third kappa shape index (κ3) is 4.37. The van der Waals surface area contributed by atoms with Crippen LogP contribution in [0, 0.1) is 0 Å². The summed E-state index contributed by atoms with van der Waals surface area (Å²) in [5.74, 6) is -1.02. The van der Waals surface area contributed by atoms with E-state index in [1.54, 1.807) is 0 Å². The standard InChI is InChI=1S/C18H19N5O3S/c1-11(7-8-12-5-3-2-4-6-12)21-13(24)9-23-10-20-14-15(17(19)25)22-27-16(14)18(23)26/h2-6,10-11H,7-9H2,1H3,(H2,19,25)(H,21,24)/t11-/m0/s1. The minimum atomic E-state index is -0.740. The molecule has 2 heterocycles. The summed E-state index contributed by atoms with van der Waals surface area (Å²) >= 11 is 0.851. The van der Waals surface area contributed by atoms with Gasteiger partial charge in [0.05, 0.1) is 6.33 Å². The van der Waals surface area contributed by atoms with Crippen LogP contribution in [-0.4, -0.2) is 31.8 Å². The fraction of sp³-hybridized carbons (Fsp3) is 0.278. The number of rotatable bonds is 7. The van der Waals surface area contributed by atoms with E-state index in [1.807, 2.05) is 37.3 Å². The fourth-order valence-corrected chi connectivity index (χ4v) is 3.50. The van der Waals surface area contributed by atoms with E-state index in [1.165, 1.54) is 16.5 Å². The van der Waals surface area contributed by atoms with Crippen LogP contribution in [0.4, 0.5) is 0 Å². The van der Waals surface area contributed by atoms with Gasteiger partial charge in [0.1, 0.15) is 16.8 Å². The van der Waals surface area contributed by atoms with Crippen LogP contribution in [0.15, 0.2) is 41.5 Å². The Morgan fingerprint density at radius 1 is 1.30 bits per heavy atom. The molecule has 0 radical (unpaired) electrons. The van der Waals surface area contributed by atoms with Crippen LogP contribution < -0.4 is 16.6 Å². The zero-order chi connectivity index (χ0) is 19.4. The van der Waals surface area contributed by atoms with Crippen molar-refractivity contribution in [3.8, 4) is 0 Å². The molecule has 0 aliphatic rings. The summed E-state index contributed by atoms with van der Waals surface area (Å²) < 4.78 is 5.27. The van der Waals surface area contributed by atoms with Crippen molar-refractivity contribution < 1.29 is 9.59 Å². The van der Waals surface area contributed by atoms with Gasteiger partial charge in [0.2, 0.25) is 5.91 Å². The lowest BCUT2D eigenvalue weighted by Gasteiger charge is -2.14. The first-order chi connectivity index (χ1) is 13.0. The largest absolute Gasteiger partial charge is 0.364 e. The first kappa shape index (κ1) is 18.7. The van der Waals surface area contributed by atoms with Gasteiger partial charge in [-0.05, 0) is 36.9 Å². The molecule has 3 aromatic rings. The zero-order valence-corrected chi connectivity index (χ0v) is 15.5. The average molecular weight is 385 g/mol. The van der Waals surface area contributed by atoms with Crippen LogP contribution in [0.3, 0.4) is 0 Å². The molecule has 3 rings (SSSR count). The van der Waals surface area contributed by atoms with E-state index < -0.39 is 11.5 Å². The number of amides is 2. The van der Waals surface area contributed by atoms with E-state index in [-0.39, 0.29) is 34.4 Å². The second-order valence-corrected chi connectivity index (χ2v) is 7.02. The molecule has 0 saturated carbocycles. The van der Waals surface area contributed by atoms with Gasteiger partial charge in [-0.15, -0.1) is 0 Å². The number of nitrogens with two attached hydrogens (primary N) is 1. The molecule has 3 N–H and O–H groups in total. The lowest BCUT2D eigenvalue weighted by Crippen LogP contribution is -2.37. The molecule has 0 bridgehead atoms. The van der Waals surface area contributed by atoms with Gasteiger partial charge in [-0.3, -0.25) is 19.0 Å².